The lowest BCUT2D eigenvalue weighted by atomic mass is 9.97. The molecule has 1 aliphatic heterocycles. The number of aromatic amines is 1. The van der Waals surface area contributed by atoms with Crippen molar-refractivity contribution in [1.82, 2.24) is 20.2 Å². The number of fused-ring (bicyclic) bond motifs is 2. The van der Waals surface area contributed by atoms with Crippen LogP contribution in [-0.4, -0.2) is 48.1 Å². The minimum Gasteiger partial charge on any atom is -0.385 e. The van der Waals surface area contributed by atoms with Gasteiger partial charge in [-0.1, -0.05) is 17.7 Å². The molecule has 0 aliphatic carbocycles. The van der Waals surface area contributed by atoms with Crippen molar-refractivity contribution in [2.24, 2.45) is 0 Å². The number of hydrogen-bond donors (Lipinski definition) is 2. The zero-order valence-corrected chi connectivity index (χ0v) is 17.4. The van der Waals surface area contributed by atoms with Gasteiger partial charge in [0.15, 0.2) is 0 Å². The van der Waals surface area contributed by atoms with Crippen LogP contribution in [0.15, 0.2) is 36.4 Å². The van der Waals surface area contributed by atoms with E-state index < -0.39 is 0 Å². The molecule has 0 fully saturated rings. The van der Waals surface area contributed by atoms with E-state index in [0.29, 0.717) is 29.4 Å². The monoisotopic (exact) mass is 412 g/mol. The SMILES string of the molecule is COCC[C@H](NC(=O)c1ccc2c(c1)CCN(C)C2)c1nc2ccc(Cl)cc2[nH]1. The van der Waals surface area contributed by atoms with Crippen molar-refractivity contribution in [2.45, 2.75) is 25.4 Å². The molecule has 1 aromatic heterocycles. The van der Waals surface area contributed by atoms with Gasteiger partial charge in [0, 0.05) is 37.4 Å². The summed E-state index contributed by atoms with van der Waals surface area (Å²) >= 11 is 6.08. The quantitative estimate of drug-likeness (QED) is 0.647. The number of rotatable bonds is 6. The number of nitrogens with one attached hydrogen (secondary N) is 2. The van der Waals surface area contributed by atoms with Gasteiger partial charge in [-0.05, 0) is 61.3 Å². The van der Waals surface area contributed by atoms with Crippen LogP contribution in [-0.2, 0) is 17.7 Å². The zero-order valence-electron chi connectivity index (χ0n) is 16.7. The van der Waals surface area contributed by atoms with Crippen LogP contribution in [0.2, 0.25) is 5.02 Å². The average Bonchev–Trinajstić information content (AvgIpc) is 3.13. The number of amides is 1. The predicted octanol–water partition coefficient (Wildman–Crippen LogP) is 3.71. The number of halogens is 1. The molecule has 4 rings (SSSR count). The van der Waals surface area contributed by atoms with Crippen LogP contribution < -0.4 is 5.32 Å². The Kier molecular flexibility index (Phi) is 5.85. The minimum atomic E-state index is -0.282. The first-order valence-electron chi connectivity index (χ1n) is 9.79. The van der Waals surface area contributed by atoms with E-state index in [0.717, 1.165) is 30.5 Å². The van der Waals surface area contributed by atoms with Gasteiger partial charge in [0.2, 0.25) is 0 Å². The number of hydrogen-bond acceptors (Lipinski definition) is 4. The number of likely N-dealkylation sites (N-methyl/N-ethyl adjacent to an activating group) is 1. The Bertz CT molecular complexity index is 1030. The van der Waals surface area contributed by atoms with Crippen LogP contribution in [0.3, 0.4) is 0 Å². The summed E-state index contributed by atoms with van der Waals surface area (Å²) in [6, 6.07) is 11.2. The second-order valence-electron chi connectivity index (χ2n) is 7.56. The van der Waals surface area contributed by atoms with Crippen molar-refractivity contribution in [3.05, 3.63) is 63.9 Å². The molecule has 2 aromatic carbocycles. The summed E-state index contributed by atoms with van der Waals surface area (Å²) in [5.41, 5.74) is 4.89. The number of carbonyl (C=O) groups is 1. The smallest absolute Gasteiger partial charge is 0.251 e. The zero-order chi connectivity index (χ0) is 20.4. The van der Waals surface area contributed by atoms with Crippen LogP contribution in [0.5, 0.6) is 0 Å². The van der Waals surface area contributed by atoms with Gasteiger partial charge in [-0.15, -0.1) is 0 Å². The molecule has 1 aliphatic rings. The molecule has 29 heavy (non-hydrogen) atoms. The summed E-state index contributed by atoms with van der Waals surface area (Å²) in [5.74, 6) is 0.596. The Labute approximate surface area is 175 Å². The van der Waals surface area contributed by atoms with Crippen LogP contribution >= 0.6 is 11.6 Å². The molecule has 3 aromatic rings. The second-order valence-corrected chi connectivity index (χ2v) is 8.00. The summed E-state index contributed by atoms with van der Waals surface area (Å²) in [6.45, 7) is 2.45. The number of carbonyl (C=O) groups excluding carboxylic acids is 1. The molecule has 6 nitrogen and oxygen atoms in total. The van der Waals surface area contributed by atoms with Gasteiger partial charge in [0.25, 0.3) is 5.91 Å². The van der Waals surface area contributed by atoms with E-state index in [2.05, 4.69) is 33.3 Å². The second kappa shape index (κ2) is 8.53. The molecule has 1 amide bonds. The number of ether oxygens (including phenoxy) is 1. The highest BCUT2D eigenvalue weighted by atomic mass is 35.5. The molecule has 1 atom stereocenters. The first kappa shape index (κ1) is 19.9. The summed E-state index contributed by atoms with van der Waals surface area (Å²) in [6.07, 6.45) is 1.58. The molecule has 7 heteroatoms. The van der Waals surface area contributed by atoms with Crippen molar-refractivity contribution in [2.75, 3.05) is 27.3 Å². The molecule has 2 heterocycles. The number of methoxy groups -OCH3 is 1. The number of aromatic nitrogens is 2. The first-order chi connectivity index (χ1) is 14.0. The lowest BCUT2D eigenvalue weighted by molar-refractivity contribution is 0.0922. The Morgan fingerprint density at radius 3 is 3.00 bits per heavy atom. The Morgan fingerprint density at radius 2 is 2.17 bits per heavy atom. The van der Waals surface area contributed by atoms with E-state index in [-0.39, 0.29) is 11.9 Å². The van der Waals surface area contributed by atoms with E-state index in [4.69, 9.17) is 16.3 Å². The Hall–Kier alpha value is -2.41. The molecule has 0 bridgehead atoms. The van der Waals surface area contributed by atoms with Gasteiger partial charge < -0.3 is 19.9 Å². The maximum Gasteiger partial charge on any atom is 0.251 e. The van der Waals surface area contributed by atoms with E-state index in [1.54, 1.807) is 7.11 Å². The molecule has 152 valence electrons. The van der Waals surface area contributed by atoms with Gasteiger partial charge in [0.05, 0.1) is 17.1 Å². The first-order valence-corrected chi connectivity index (χ1v) is 10.2. The molecule has 0 saturated heterocycles. The number of nitrogens with zero attached hydrogens (tertiary/aromatic N) is 2. The van der Waals surface area contributed by atoms with Gasteiger partial charge in [0.1, 0.15) is 5.82 Å². The number of imidazole rings is 1. The fourth-order valence-corrected chi connectivity index (χ4v) is 3.93. The van der Waals surface area contributed by atoms with Crippen LogP contribution in [0.4, 0.5) is 0 Å². The topological polar surface area (TPSA) is 70.2 Å². The Balaban J connectivity index is 1.56. The number of H-pyrrole nitrogens is 1. The highest BCUT2D eigenvalue weighted by molar-refractivity contribution is 6.31. The van der Waals surface area contributed by atoms with Gasteiger partial charge >= 0.3 is 0 Å². The Morgan fingerprint density at radius 1 is 1.31 bits per heavy atom. The van der Waals surface area contributed by atoms with Gasteiger partial charge in [-0.25, -0.2) is 4.98 Å². The van der Waals surface area contributed by atoms with Crippen LogP contribution in [0.25, 0.3) is 11.0 Å². The van der Waals surface area contributed by atoms with Crippen LogP contribution in [0.1, 0.15) is 39.8 Å². The molecule has 0 radical (unpaired) electrons. The highest BCUT2D eigenvalue weighted by Crippen LogP contribution is 2.23. The summed E-state index contributed by atoms with van der Waals surface area (Å²) in [7, 11) is 3.77. The molecule has 0 saturated carbocycles. The fraction of sp³-hybridized carbons (Fsp3) is 0.364. The summed E-state index contributed by atoms with van der Waals surface area (Å²) < 4.78 is 5.24. The van der Waals surface area contributed by atoms with E-state index >= 15 is 0 Å². The fourth-order valence-electron chi connectivity index (χ4n) is 3.76. The maximum absolute atomic E-state index is 13.0. The summed E-state index contributed by atoms with van der Waals surface area (Å²) in [4.78, 5) is 23.2. The summed E-state index contributed by atoms with van der Waals surface area (Å²) in [5, 5.41) is 3.76. The van der Waals surface area contributed by atoms with Gasteiger partial charge in [-0.3, -0.25) is 4.79 Å². The molecule has 0 unspecified atom stereocenters. The average molecular weight is 413 g/mol. The predicted molar refractivity (Wildman–Crippen MR) is 114 cm³/mol. The largest absolute Gasteiger partial charge is 0.385 e. The van der Waals surface area contributed by atoms with Crippen molar-refractivity contribution in [1.29, 1.82) is 0 Å². The van der Waals surface area contributed by atoms with E-state index in [9.17, 15) is 4.79 Å². The third kappa shape index (κ3) is 4.45. The highest BCUT2D eigenvalue weighted by Gasteiger charge is 2.21. The third-order valence-electron chi connectivity index (χ3n) is 5.38. The van der Waals surface area contributed by atoms with Gasteiger partial charge in [-0.2, -0.15) is 0 Å². The normalized spacial score (nSPS) is 15.3. The molecular formula is C22H25ClN4O2. The van der Waals surface area contributed by atoms with Crippen LogP contribution in [0, 0.1) is 0 Å². The lowest BCUT2D eigenvalue weighted by Crippen LogP contribution is -2.31. The van der Waals surface area contributed by atoms with Crippen molar-refractivity contribution >= 4 is 28.5 Å². The van der Waals surface area contributed by atoms with E-state index in [1.807, 2.05) is 30.3 Å². The third-order valence-corrected chi connectivity index (χ3v) is 5.61. The molecule has 2 N–H and O–H groups in total. The molecule has 0 spiro atoms. The van der Waals surface area contributed by atoms with Crippen molar-refractivity contribution in [3.63, 3.8) is 0 Å². The number of benzene rings is 2. The maximum atomic E-state index is 13.0. The van der Waals surface area contributed by atoms with E-state index in [1.165, 1.54) is 11.1 Å². The lowest BCUT2D eigenvalue weighted by Gasteiger charge is -2.25. The molecular weight excluding hydrogens is 388 g/mol. The minimum absolute atomic E-state index is 0.105. The standard InChI is InChI=1S/C22H25ClN4O2/c1-27-9-7-14-11-15(3-4-16(14)13-27)22(28)26-19(8-10-29-2)21-24-18-6-5-17(23)12-20(18)25-21/h3-6,11-12,19H,7-10,13H2,1-2H3,(H,24,25)(H,26,28)/t19-/m0/s1. The van der Waals surface area contributed by atoms with Crippen molar-refractivity contribution in [3.8, 4) is 0 Å². The van der Waals surface area contributed by atoms with Crippen molar-refractivity contribution < 1.29 is 9.53 Å².